The van der Waals surface area contributed by atoms with Crippen LogP contribution in [0.5, 0.6) is 0 Å². The van der Waals surface area contributed by atoms with Crippen LogP contribution in [-0.4, -0.2) is 23.5 Å². The normalized spacial score (nSPS) is 12.2. The Morgan fingerprint density at radius 3 is 1.10 bits per heavy atom. The van der Waals surface area contributed by atoms with E-state index in [1.165, 1.54) is 142 Å². The number of rotatable bonds is 23. The average Bonchev–Trinajstić information content (AvgIpc) is 2.70. The first kappa shape index (κ1) is 29.0. The minimum atomic E-state index is 0.388. The van der Waals surface area contributed by atoms with Gasteiger partial charge in [-0.15, -0.1) is 0 Å². The Morgan fingerprint density at radius 2 is 0.724 bits per heavy atom. The first-order valence-corrected chi connectivity index (χ1v) is 13.8. The summed E-state index contributed by atoms with van der Waals surface area (Å²) in [5.41, 5.74) is 0.388. The molecule has 0 rings (SSSR count). The fourth-order valence-corrected chi connectivity index (χ4v) is 4.56. The van der Waals surface area contributed by atoms with E-state index in [4.69, 9.17) is 0 Å². The van der Waals surface area contributed by atoms with Crippen LogP contribution in [0.15, 0.2) is 0 Å². The summed E-state index contributed by atoms with van der Waals surface area (Å²) in [7, 11) is 0. The maximum atomic E-state index is 2.82. The second-order valence-electron chi connectivity index (χ2n) is 10.2. The van der Waals surface area contributed by atoms with Gasteiger partial charge in [0.05, 0.1) is 0 Å². The van der Waals surface area contributed by atoms with Crippen molar-refractivity contribution in [1.29, 1.82) is 0 Å². The van der Waals surface area contributed by atoms with E-state index in [0.29, 0.717) is 5.54 Å². The smallest absolute Gasteiger partial charge is 0.0153 e. The minimum absolute atomic E-state index is 0.388. The fraction of sp³-hybridized carbons (Fsp3) is 1.00. The molecule has 0 radical (unpaired) electrons. The van der Waals surface area contributed by atoms with E-state index in [9.17, 15) is 0 Å². The summed E-state index contributed by atoms with van der Waals surface area (Å²) >= 11 is 0. The molecule has 0 N–H and O–H groups in total. The quantitative estimate of drug-likeness (QED) is 0.152. The van der Waals surface area contributed by atoms with Crippen LogP contribution < -0.4 is 0 Å². The van der Waals surface area contributed by atoms with Crippen LogP contribution in [0.25, 0.3) is 0 Å². The number of hydrogen-bond donors (Lipinski definition) is 0. The number of unbranched alkanes of at least 4 members (excludes halogenated alkanes) is 16. The van der Waals surface area contributed by atoms with E-state index >= 15 is 0 Å². The van der Waals surface area contributed by atoms with Gasteiger partial charge in [0.1, 0.15) is 0 Å². The third kappa shape index (κ3) is 18.4. The Balaban J connectivity index is 3.77. The highest BCUT2D eigenvalue weighted by Crippen LogP contribution is 2.24. The molecule has 0 aromatic rings. The zero-order chi connectivity index (χ0) is 21.6. The molecule has 1 heteroatoms. The first-order valence-electron chi connectivity index (χ1n) is 13.8. The molecule has 0 aliphatic heterocycles. The van der Waals surface area contributed by atoms with E-state index < -0.39 is 0 Å². The van der Waals surface area contributed by atoms with Gasteiger partial charge in [-0.3, -0.25) is 4.90 Å². The zero-order valence-corrected chi connectivity index (χ0v) is 21.5. The maximum Gasteiger partial charge on any atom is 0.0153 e. The van der Waals surface area contributed by atoms with Gasteiger partial charge in [0.2, 0.25) is 0 Å². The Kier molecular flexibility index (Phi) is 21.2. The van der Waals surface area contributed by atoms with Crippen molar-refractivity contribution in [3.05, 3.63) is 0 Å². The second kappa shape index (κ2) is 21.2. The van der Waals surface area contributed by atoms with Crippen molar-refractivity contribution in [2.24, 2.45) is 0 Å². The summed E-state index contributed by atoms with van der Waals surface area (Å²) in [5.74, 6) is 0. The molecule has 176 valence electrons. The van der Waals surface area contributed by atoms with Gasteiger partial charge < -0.3 is 0 Å². The lowest BCUT2D eigenvalue weighted by molar-refractivity contribution is 0.103. The van der Waals surface area contributed by atoms with Crippen molar-refractivity contribution in [3.8, 4) is 0 Å². The van der Waals surface area contributed by atoms with Gasteiger partial charge >= 0.3 is 0 Å². The Hall–Kier alpha value is -0.0400. The standard InChI is InChI=1S/C28H59N/c1-6-9-12-13-14-15-16-17-18-19-20-21-22-25-28(4,5)29(26-23-10-7-2)27-24-11-8-3/h6-27H2,1-5H3. The molecule has 0 heterocycles. The zero-order valence-electron chi connectivity index (χ0n) is 21.5. The van der Waals surface area contributed by atoms with Crippen molar-refractivity contribution in [3.63, 3.8) is 0 Å². The van der Waals surface area contributed by atoms with Gasteiger partial charge in [0.15, 0.2) is 0 Å². The molecule has 0 amide bonds. The molecule has 0 saturated carbocycles. The number of nitrogens with zero attached hydrogens (tertiary/aromatic N) is 1. The van der Waals surface area contributed by atoms with Gasteiger partial charge in [-0.05, 0) is 46.2 Å². The highest BCUT2D eigenvalue weighted by Gasteiger charge is 2.25. The van der Waals surface area contributed by atoms with Gasteiger partial charge in [0, 0.05) is 5.54 Å². The number of hydrogen-bond acceptors (Lipinski definition) is 1. The van der Waals surface area contributed by atoms with Gasteiger partial charge in [0.25, 0.3) is 0 Å². The molecule has 0 aromatic carbocycles. The van der Waals surface area contributed by atoms with Crippen LogP contribution in [0.3, 0.4) is 0 Å². The summed E-state index contributed by atoms with van der Waals surface area (Å²) in [4.78, 5) is 2.82. The molecule has 1 nitrogen and oxygen atoms in total. The lowest BCUT2D eigenvalue weighted by atomic mass is 9.93. The highest BCUT2D eigenvalue weighted by atomic mass is 15.2. The lowest BCUT2D eigenvalue weighted by Crippen LogP contribution is -2.45. The molecule has 0 saturated heterocycles. The predicted octanol–water partition coefficient (Wildman–Crippen LogP) is 9.93. The third-order valence-corrected chi connectivity index (χ3v) is 6.81. The molecule has 0 aliphatic rings. The maximum absolute atomic E-state index is 2.82. The summed E-state index contributed by atoms with van der Waals surface area (Å²) in [6.45, 7) is 14.6. The molecule has 0 aromatic heterocycles. The molecular weight excluding hydrogens is 350 g/mol. The van der Waals surface area contributed by atoms with Crippen LogP contribution >= 0.6 is 0 Å². The molecule has 0 atom stereocenters. The lowest BCUT2D eigenvalue weighted by Gasteiger charge is -2.39. The topological polar surface area (TPSA) is 3.24 Å². The van der Waals surface area contributed by atoms with E-state index in [1.54, 1.807) is 0 Å². The summed E-state index contributed by atoms with van der Waals surface area (Å²) in [6, 6.07) is 0. The van der Waals surface area contributed by atoms with Crippen LogP contribution in [0.4, 0.5) is 0 Å². The molecule has 0 bridgehead atoms. The summed E-state index contributed by atoms with van der Waals surface area (Å²) in [6.07, 6.45) is 28.5. The SMILES string of the molecule is CCCCCCCCCCCCCCCC(C)(C)N(CCCCC)CCCCC. The molecule has 0 fully saturated rings. The molecule has 0 unspecified atom stereocenters. The molecule has 0 aliphatic carbocycles. The van der Waals surface area contributed by atoms with Crippen LogP contribution in [0, 0.1) is 0 Å². The molecular formula is C28H59N. The van der Waals surface area contributed by atoms with Crippen molar-refractivity contribution in [2.45, 2.75) is 169 Å². The third-order valence-electron chi connectivity index (χ3n) is 6.81. The van der Waals surface area contributed by atoms with Crippen molar-refractivity contribution >= 4 is 0 Å². The summed E-state index contributed by atoms with van der Waals surface area (Å²) < 4.78 is 0. The largest absolute Gasteiger partial charge is 0.298 e. The molecule has 29 heavy (non-hydrogen) atoms. The minimum Gasteiger partial charge on any atom is -0.298 e. The Morgan fingerprint density at radius 1 is 0.414 bits per heavy atom. The summed E-state index contributed by atoms with van der Waals surface area (Å²) in [5, 5.41) is 0. The molecule has 0 spiro atoms. The monoisotopic (exact) mass is 409 g/mol. The van der Waals surface area contributed by atoms with E-state index in [1.807, 2.05) is 0 Å². The fourth-order valence-electron chi connectivity index (χ4n) is 4.56. The van der Waals surface area contributed by atoms with Crippen molar-refractivity contribution in [1.82, 2.24) is 4.90 Å². The van der Waals surface area contributed by atoms with Crippen molar-refractivity contribution < 1.29 is 0 Å². The van der Waals surface area contributed by atoms with Crippen LogP contribution in [0.2, 0.25) is 0 Å². The van der Waals surface area contributed by atoms with Crippen molar-refractivity contribution in [2.75, 3.05) is 13.1 Å². The second-order valence-corrected chi connectivity index (χ2v) is 10.2. The van der Waals surface area contributed by atoms with Gasteiger partial charge in [-0.25, -0.2) is 0 Å². The average molecular weight is 410 g/mol. The predicted molar refractivity (Wildman–Crippen MR) is 135 cm³/mol. The highest BCUT2D eigenvalue weighted by molar-refractivity contribution is 4.81. The van der Waals surface area contributed by atoms with Gasteiger partial charge in [-0.2, -0.15) is 0 Å². The van der Waals surface area contributed by atoms with Crippen LogP contribution in [-0.2, 0) is 0 Å². The van der Waals surface area contributed by atoms with Gasteiger partial charge in [-0.1, -0.05) is 130 Å². The van der Waals surface area contributed by atoms with E-state index in [-0.39, 0.29) is 0 Å². The van der Waals surface area contributed by atoms with E-state index in [2.05, 4.69) is 39.5 Å². The van der Waals surface area contributed by atoms with E-state index in [0.717, 1.165) is 0 Å². The first-order chi connectivity index (χ1) is 14.1. The Bertz CT molecular complexity index is 299. The Labute approximate surface area is 186 Å². The van der Waals surface area contributed by atoms with Crippen LogP contribution in [0.1, 0.15) is 163 Å².